The summed E-state index contributed by atoms with van der Waals surface area (Å²) in [6.07, 6.45) is 4.81. The summed E-state index contributed by atoms with van der Waals surface area (Å²) in [6.45, 7) is 7.16. The van der Waals surface area contributed by atoms with Crippen LogP contribution in [0.4, 0.5) is 11.6 Å². The van der Waals surface area contributed by atoms with Gasteiger partial charge in [-0.05, 0) is 78.1 Å². The maximum Gasteiger partial charge on any atom is 0.274 e. The molecule has 3 aromatic rings. The summed E-state index contributed by atoms with van der Waals surface area (Å²) in [5.74, 6) is 0.610. The van der Waals surface area contributed by atoms with Crippen molar-refractivity contribution in [2.24, 2.45) is 11.3 Å². The number of nitrogens with zero attached hydrogens (tertiary/aromatic N) is 5. The maximum atomic E-state index is 12.5. The number of hydrogen-bond acceptors (Lipinski definition) is 8. The summed E-state index contributed by atoms with van der Waals surface area (Å²) >= 11 is 12.4. The van der Waals surface area contributed by atoms with Crippen LogP contribution in [0, 0.1) is 21.4 Å². The molecule has 1 amide bonds. The van der Waals surface area contributed by atoms with Crippen molar-refractivity contribution < 1.29 is 9.72 Å². The Morgan fingerprint density at radius 1 is 1.10 bits per heavy atom. The molecule has 1 aliphatic carbocycles. The molecule has 4 rings (SSSR count). The smallest absolute Gasteiger partial charge is 0.274 e. The van der Waals surface area contributed by atoms with Crippen LogP contribution in [0.5, 0.6) is 0 Å². The summed E-state index contributed by atoms with van der Waals surface area (Å²) in [4.78, 5) is 25.9. The molecule has 1 aliphatic rings. The highest BCUT2D eigenvalue weighted by molar-refractivity contribution is 6.35. The molecule has 0 spiro atoms. The zero-order valence-corrected chi connectivity index (χ0v) is 24.0. The summed E-state index contributed by atoms with van der Waals surface area (Å²) in [7, 11) is 0. The minimum atomic E-state index is -0.465. The Hall–Kier alpha value is -3.70. The van der Waals surface area contributed by atoms with E-state index in [1.165, 1.54) is 0 Å². The maximum absolute atomic E-state index is 12.5. The molecule has 0 saturated heterocycles. The molecule has 13 heteroatoms. The van der Waals surface area contributed by atoms with Crippen LogP contribution in [0.15, 0.2) is 54.5 Å². The number of halogens is 2. The fourth-order valence-corrected chi connectivity index (χ4v) is 5.59. The molecule has 0 unspecified atom stereocenters. The van der Waals surface area contributed by atoms with E-state index in [9.17, 15) is 14.9 Å². The molecule has 11 nitrogen and oxygen atoms in total. The van der Waals surface area contributed by atoms with Crippen molar-refractivity contribution >= 4 is 40.7 Å². The van der Waals surface area contributed by atoms with E-state index in [2.05, 4.69) is 52.0 Å². The van der Waals surface area contributed by atoms with Gasteiger partial charge < -0.3 is 10.2 Å². The number of carbonyl (C=O) groups is 1. The number of aromatic nitrogens is 4. The third kappa shape index (κ3) is 7.92. The van der Waals surface area contributed by atoms with E-state index in [0.29, 0.717) is 39.6 Å². The summed E-state index contributed by atoms with van der Waals surface area (Å²) in [6, 6.07) is 12.1. The van der Waals surface area contributed by atoms with Crippen LogP contribution in [-0.4, -0.2) is 42.4 Å². The zero-order valence-electron chi connectivity index (χ0n) is 22.5. The van der Waals surface area contributed by atoms with Crippen LogP contribution in [0.1, 0.15) is 62.4 Å². The van der Waals surface area contributed by atoms with Crippen molar-refractivity contribution in [3.8, 4) is 0 Å². The van der Waals surface area contributed by atoms with Crippen LogP contribution >= 0.6 is 23.2 Å². The van der Waals surface area contributed by atoms with Gasteiger partial charge in [-0.25, -0.2) is 0 Å². The average Bonchev–Trinajstić information content (AvgIpc) is 3.39. The van der Waals surface area contributed by atoms with Gasteiger partial charge in [0.05, 0.1) is 4.92 Å². The second-order valence-electron chi connectivity index (χ2n) is 11.0. The van der Waals surface area contributed by atoms with E-state index < -0.39 is 4.92 Å². The van der Waals surface area contributed by atoms with Crippen LogP contribution in [0.2, 0.25) is 10.0 Å². The highest BCUT2D eigenvalue weighted by Gasteiger charge is 2.33. The lowest BCUT2D eigenvalue weighted by molar-refractivity contribution is -0.404. The Bertz CT molecular complexity index is 1330. The number of tetrazole rings is 1. The molecular formula is C27H32Cl2N8O3. The van der Waals surface area contributed by atoms with E-state index >= 15 is 0 Å². The van der Waals surface area contributed by atoms with Crippen LogP contribution in [0.3, 0.4) is 0 Å². The quantitative estimate of drug-likeness (QED) is 0.194. The van der Waals surface area contributed by atoms with Gasteiger partial charge in [0.2, 0.25) is 0 Å². The summed E-state index contributed by atoms with van der Waals surface area (Å²) in [5.41, 5.74) is 2.04. The number of nitrogens with one attached hydrogen (secondary N) is 3. The van der Waals surface area contributed by atoms with Crippen molar-refractivity contribution in [3.05, 3.63) is 85.8 Å². The summed E-state index contributed by atoms with van der Waals surface area (Å²) in [5, 5.41) is 31.5. The normalized spacial score (nSPS) is 17.8. The monoisotopic (exact) mass is 586 g/mol. The number of H-pyrrole nitrogens is 1. The first kappa shape index (κ1) is 29.3. The van der Waals surface area contributed by atoms with E-state index in [4.69, 9.17) is 23.2 Å². The number of amides is 1. The number of anilines is 2. The largest absolute Gasteiger partial charge is 0.346 e. The molecular weight excluding hydrogens is 555 g/mol. The standard InChI is InChI=1S/C27H32Cl2N8O3/c1-27(2,3)19-8-10-23(11-9-19)36(24(16-37(39)40)30-22-13-20(28)12-21(29)14-22)15-17-4-6-18(7-5-17)25(38)31-26-32-34-35-33-26/h4-7,12-14,16,19,23,30H,8-11,15H2,1-3H3,(H2,31,32,33,34,35,38)/b24-16-. The molecule has 40 heavy (non-hydrogen) atoms. The number of benzene rings is 2. The van der Waals surface area contributed by atoms with E-state index in [1.54, 1.807) is 30.3 Å². The predicted molar refractivity (Wildman–Crippen MR) is 154 cm³/mol. The number of nitro groups is 1. The highest BCUT2D eigenvalue weighted by Crippen LogP contribution is 2.40. The number of rotatable bonds is 9. The van der Waals surface area contributed by atoms with E-state index in [0.717, 1.165) is 37.4 Å². The number of aromatic amines is 1. The molecule has 1 saturated carbocycles. The molecule has 1 heterocycles. The van der Waals surface area contributed by atoms with E-state index in [1.807, 2.05) is 17.0 Å². The van der Waals surface area contributed by atoms with Crippen molar-refractivity contribution in [2.75, 3.05) is 10.6 Å². The summed E-state index contributed by atoms with van der Waals surface area (Å²) < 4.78 is 0. The molecule has 2 aromatic carbocycles. The first-order valence-corrected chi connectivity index (χ1v) is 13.7. The molecule has 212 valence electrons. The molecule has 0 atom stereocenters. The first-order valence-electron chi connectivity index (χ1n) is 13.0. The molecule has 0 bridgehead atoms. The Morgan fingerprint density at radius 2 is 1.75 bits per heavy atom. The Labute approximate surface area is 242 Å². The lowest BCUT2D eigenvalue weighted by Crippen LogP contribution is -2.41. The van der Waals surface area contributed by atoms with Gasteiger partial charge in [-0.15, -0.1) is 5.10 Å². The zero-order chi connectivity index (χ0) is 28.9. The molecule has 1 aromatic heterocycles. The second-order valence-corrected chi connectivity index (χ2v) is 11.8. The lowest BCUT2D eigenvalue weighted by Gasteiger charge is -2.42. The molecule has 0 radical (unpaired) electrons. The molecule has 0 aliphatic heterocycles. The predicted octanol–water partition coefficient (Wildman–Crippen LogP) is 6.35. The van der Waals surface area contributed by atoms with Gasteiger partial charge in [0.15, 0.2) is 5.82 Å². The van der Waals surface area contributed by atoms with Gasteiger partial charge in [0, 0.05) is 33.9 Å². The van der Waals surface area contributed by atoms with Crippen LogP contribution in [0.25, 0.3) is 0 Å². The van der Waals surface area contributed by atoms with Gasteiger partial charge >= 0.3 is 0 Å². The fraction of sp³-hybridized carbons (Fsp3) is 0.407. The minimum Gasteiger partial charge on any atom is -0.346 e. The number of carbonyl (C=O) groups excluding carboxylic acids is 1. The topological polar surface area (TPSA) is 142 Å². The molecule has 3 N–H and O–H groups in total. The van der Waals surface area contributed by atoms with Crippen molar-refractivity contribution in [1.82, 2.24) is 25.5 Å². The SMILES string of the molecule is CC(C)(C)C1CCC(N(Cc2ccc(C(=O)Nc3nn[nH]n3)cc2)/C(=C\[N+](=O)[O-])Nc2cc(Cl)cc(Cl)c2)CC1. The van der Waals surface area contributed by atoms with Crippen LogP contribution in [-0.2, 0) is 6.54 Å². The highest BCUT2D eigenvalue weighted by atomic mass is 35.5. The third-order valence-electron chi connectivity index (χ3n) is 7.17. The second kappa shape index (κ2) is 12.6. The third-order valence-corrected chi connectivity index (χ3v) is 7.61. The van der Waals surface area contributed by atoms with Crippen molar-refractivity contribution in [1.29, 1.82) is 0 Å². The van der Waals surface area contributed by atoms with Gasteiger partial charge in [0.25, 0.3) is 18.1 Å². The van der Waals surface area contributed by atoms with Gasteiger partial charge in [-0.3, -0.25) is 20.2 Å². The van der Waals surface area contributed by atoms with Crippen molar-refractivity contribution in [2.45, 2.75) is 59.0 Å². The number of hydrogen-bond donors (Lipinski definition) is 3. The average molecular weight is 588 g/mol. The van der Waals surface area contributed by atoms with Gasteiger partial charge in [-0.1, -0.05) is 61.2 Å². The minimum absolute atomic E-state index is 0.0631. The van der Waals surface area contributed by atoms with E-state index in [-0.39, 0.29) is 23.3 Å². The fourth-order valence-electron chi connectivity index (χ4n) is 5.06. The lowest BCUT2D eigenvalue weighted by atomic mass is 9.71. The van der Waals surface area contributed by atoms with Crippen LogP contribution < -0.4 is 10.6 Å². The first-order chi connectivity index (χ1) is 19.0. The Morgan fingerprint density at radius 3 is 2.30 bits per heavy atom. The Kier molecular flexibility index (Phi) is 9.26. The van der Waals surface area contributed by atoms with Crippen molar-refractivity contribution in [3.63, 3.8) is 0 Å². The van der Waals surface area contributed by atoms with Gasteiger partial charge in [-0.2, -0.15) is 5.21 Å². The van der Waals surface area contributed by atoms with Gasteiger partial charge in [0.1, 0.15) is 0 Å². The Balaban J connectivity index is 1.60. The molecule has 1 fully saturated rings.